The molecule has 1 heterocycles. The molecule has 0 N–H and O–H groups in total. The lowest BCUT2D eigenvalue weighted by atomic mass is 9.53. The van der Waals surface area contributed by atoms with Crippen molar-refractivity contribution in [2.45, 2.75) is 51.2 Å². The van der Waals surface area contributed by atoms with Crippen LogP contribution in [0.4, 0.5) is 0 Å². The second-order valence-corrected chi connectivity index (χ2v) is 6.46. The lowest BCUT2D eigenvalue weighted by Gasteiger charge is -2.56. The predicted octanol–water partition coefficient (Wildman–Crippen LogP) is 3.09. The van der Waals surface area contributed by atoms with Crippen molar-refractivity contribution in [3.63, 3.8) is 0 Å². The van der Waals surface area contributed by atoms with E-state index in [1.54, 1.807) is 0 Å². The van der Waals surface area contributed by atoms with E-state index in [0.29, 0.717) is 31.3 Å². The van der Waals surface area contributed by atoms with E-state index in [0.717, 1.165) is 32.1 Å². The molecule has 2 saturated carbocycles. The van der Waals surface area contributed by atoms with Gasteiger partial charge in [-0.1, -0.05) is 13.0 Å². The Morgan fingerprint density at radius 3 is 2.79 bits per heavy atom. The molecule has 0 amide bonds. The second-order valence-electron chi connectivity index (χ2n) is 6.46. The van der Waals surface area contributed by atoms with Gasteiger partial charge in [0.05, 0.1) is 13.2 Å². The Bertz CT molecular complexity index is 383. The number of carbonyl (C=O) groups excluding carboxylic acids is 1. The Labute approximate surface area is 115 Å². The van der Waals surface area contributed by atoms with E-state index in [1.165, 1.54) is 0 Å². The molecule has 3 aliphatic rings. The molecule has 0 aromatic heterocycles. The third-order valence-corrected chi connectivity index (χ3v) is 5.67. The van der Waals surface area contributed by atoms with E-state index in [-0.39, 0.29) is 11.3 Å². The fourth-order valence-corrected chi connectivity index (χ4v) is 4.66. The van der Waals surface area contributed by atoms with Crippen molar-refractivity contribution in [1.82, 2.24) is 0 Å². The standard InChI is InChI=1S/C16H24O3/c1-3-5-12-13-6-4-8-16(18-10-11-19-16)15(13,2)9-7-14(12)17/h3,12-13H,1,4-11H2,2H3/t12-,13-,15-/m1/s1. The summed E-state index contributed by atoms with van der Waals surface area (Å²) in [6.45, 7) is 7.50. The van der Waals surface area contributed by atoms with Crippen molar-refractivity contribution >= 4 is 5.78 Å². The van der Waals surface area contributed by atoms with Gasteiger partial charge in [0.1, 0.15) is 5.78 Å². The number of carbonyl (C=O) groups is 1. The number of ether oxygens (including phenoxy) is 2. The number of fused-ring (bicyclic) bond motifs is 2. The van der Waals surface area contributed by atoms with Crippen molar-refractivity contribution in [1.29, 1.82) is 0 Å². The molecule has 3 fully saturated rings. The maximum absolute atomic E-state index is 12.3. The van der Waals surface area contributed by atoms with Crippen LogP contribution >= 0.6 is 0 Å². The summed E-state index contributed by atoms with van der Waals surface area (Å²) in [6, 6.07) is 0. The highest BCUT2D eigenvalue weighted by molar-refractivity contribution is 5.82. The van der Waals surface area contributed by atoms with Crippen LogP contribution in [0.1, 0.15) is 45.4 Å². The molecule has 2 aliphatic carbocycles. The van der Waals surface area contributed by atoms with Crippen LogP contribution in [0.15, 0.2) is 12.7 Å². The van der Waals surface area contributed by atoms with Gasteiger partial charge >= 0.3 is 0 Å². The average molecular weight is 264 g/mol. The van der Waals surface area contributed by atoms with Crippen molar-refractivity contribution in [2.24, 2.45) is 17.3 Å². The Morgan fingerprint density at radius 1 is 1.37 bits per heavy atom. The molecule has 3 nitrogen and oxygen atoms in total. The number of ketones is 1. The Morgan fingerprint density at radius 2 is 2.11 bits per heavy atom. The van der Waals surface area contributed by atoms with Gasteiger partial charge in [-0.05, 0) is 31.6 Å². The molecular weight excluding hydrogens is 240 g/mol. The van der Waals surface area contributed by atoms with Crippen LogP contribution in [0, 0.1) is 17.3 Å². The molecule has 1 spiro atoms. The van der Waals surface area contributed by atoms with Gasteiger partial charge < -0.3 is 9.47 Å². The molecule has 19 heavy (non-hydrogen) atoms. The summed E-state index contributed by atoms with van der Waals surface area (Å²) in [5.74, 6) is 0.507. The van der Waals surface area contributed by atoms with Crippen molar-refractivity contribution < 1.29 is 14.3 Å². The summed E-state index contributed by atoms with van der Waals surface area (Å²) in [5, 5.41) is 0. The topological polar surface area (TPSA) is 35.5 Å². The van der Waals surface area contributed by atoms with Crippen molar-refractivity contribution in [3.8, 4) is 0 Å². The van der Waals surface area contributed by atoms with Crippen LogP contribution in [-0.4, -0.2) is 24.8 Å². The maximum atomic E-state index is 12.3. The first-order chi connectivity index (χ1) is 9.13. The minimum Gasteiger partial charge on any atom is -0.347 e. The molecule has 3 rings (SSSR count). The highest BCUT2D eigenvalue weighted by Crippen LogP contribution is 2.59. The summed E-state index contributed by atoms with van der Waals surface area (Å²) in [5.41, 5.74) is -0.0106. The highest BCUT2D eigenvalue weighted by Gasteiger charge is 2.61. The molecule has 106 valence electrons. The van der Waals surface area contributed by atoms with E-state index < -0.39 is 5.79 Å². The van der Waals surface area contributed by atoms with Crippen LogP contribution in [0.2, 0.25) is 0 Å². The van der Waals surface area contributed by atoms with Gasteiger partial charge in [0.2, 0.25) is 0 Å². The fourth-order valence-electron chi connectivity index (χ4n) is 4.66. The highest BCUT2D eigenvalue weighted by atomic mass is 16.7. The van der Waals surface area contributed by atoms with Crippen LogP contribution in [0.3, 0.4) is 0 Å². The van der Waals surface area contributed by atoms with E-state index in [9.17, 15) is 4.79 Å². The third-order valence-electron chi connectivity index (χ3n) is 5.67. The van der Waals surface area contributed by atoms with Gasteiger partial charge in [-0.2, -0.15) is 0 Å². The minimum atomic E-state index is -0.421. The van der Waals surface area contributed by atoms with Gasteiger partial charge in [-0.15, -0.1) is 6.58 Å². The molecule has 0 aromatic rings. The van der Waals surface area contributed by atoms with Crippen molar-refractivity contribution in [3.05, 3.63) is 12.7 Å². The predicted molar refractivity (Wildman–Crippen MR) is 72.6 cm³/mol. The van der Waals surface area contributed by atoms with Gasteiger partial charge in [-0.3, -0.25) is 4.79 Å². The Hall–Kier alpha value is -0.670. The molecular formula is C16H24O3. The smallest absolute Gasteiger partial charge is 0.174 e. The lowest BCUT2D eigenvalue weighted by Crippen LogP contribution is -2.59. The van der Waals surface area contributed by atoms with Crippen LogP contribution in [-0.2, 0) is 14.3 Å². The molecule has 1 saturated heterocycles. The lowest BCUT2D eigenvalue weighted by molar-refractivity contribution is -0.279. The maximum Gasteiger partial charge on any atom is 0.174 e. The number of hydrogen-bond donors (Lipinski definition) is 0. The fraction of sp³-hybridized carbons (Fsp3) is 0.812. The summed E-state index contributed by atoms with van der Waals surface area (Å²) in [7, 11) is 0. The number of hydrogen-bond acceptors (Lipinski definition) is 3. The van der Waals surface area contributed by atoms with E-state index in [2.05, 4.69) is 13.5 Å². The van der Waals surface area contributed by atoms with Crippen molar-refractivity contribution in [2.75, 3.05) is 13.2 Å². The molecule has 3 atom stereocenters. The molecule has 0 bridgehead atoms. The minimum absolute atomic E-state index is 0.0106. The van der Waals surface area contributed by atoms with Gasteiger partial charge in [0.15, 0.2) is 5.79 Å². The quantitative estimate of drug-likeness (QED) is 0.719. The monoisotopic (exact) mass is 264 g/mol. The van der Waals surface area contributed by atoms with Crippen LogP contribution in [0.25, 0.3) is 0 Å². The first-order valence-corrected chi connectivity index (χ1v) is 7.54. The summed E-state index contributed by atoms with van der Waals surface area (Å²) in [4.78, 5) is 12.3. The third kappa shape index (κ3) is 1.82. The molecule has 1 aliphatic heterocycles. The van der Waals surface area contributed by atoms with Gasteiger partial charge in [0.25, 0.3) is 0 Å². The number of rotatable bonds is 2. The van der Waals surface area contributed by atoms with Gasteiger partial charge in [-0.25, -0.2) is 0 Å². The molecule has 3 heteroatoms. The first-order valence-electron chi connectivity index (χ1n) is 7.54. The summed E-state index contributed by atoms with van der Waals surface area (Å²) in [6.07, 6.45) is 7.47. The summed E-state index contributed by atoms with van der Waals surface area (Å²) >= 11 is 0. The zero-order valence-corrected chi connectivity index (χ0v) is 11.8. The van der Waals surface area contributed by atoms with Crippen LogP contribution < -0.4 is 0 Å². The first kappa shape index (κ1) is 13.3. The molecule has 0 radical (unpaired) electrons. The largest absolute Gasteiger partial charge is 0.347 e. The van der Waals surface area contributed by atoms with Gasteiger partial charge in [0, 0.05) is 24.2 Å². The second kappa shape index (κ2) is 4.71. The Kier molecular flexibility index (Phi) is 3.30. The van der Waals surface area contributed by atoms with E-state index in [4.69, 9.17) is 9.47 Å². The number of allylic oxidation sites excluding steroid dienone is 1. The SMILES string of the molecule is C=CC[C@H]1C(=O)CC[C@]2(C)[C@@H]1CCCC21OCCO1. The van der Waals surface area contributed by atoms with E-state index >= 15 is 0 Å². The zero-order chi connectivity index (χ0) is 13.5. The van der Waals surface area contributed by atoms with E-state index in [1.807, 2.05) is 6.08 Å². The average Bonchev–Trinajstić information content (AvgIpc) is 2.86. The molecule has 0 unspecified atom stereocenters. The van der Waals surface area contributed by atoms with Crippen LogP contribution in [0.5, 0.6) is 0 Å². The normalized spacial score (nSPS) is 41.2. The number of Topliss-reactive ketones (excluding diaryl/α,β-unsaturated/α-hetero) is 1. The molecule has 0 aromatic carbocycles. The summed E-state index contributed by atoms with van der Waals surface area (Å²) < 4.78 is 12.1. The zero-order valence-electron chi connectivity index (χ0n) is 11.8. The Balaban J connectivity index is 1.95.